The third-order valence-electron chi connectivity index (χ3n) is 3.88. The van der Waals surface area contributed by atoms with Crippen LogP contribution in [0.1, 0.15) is 35.3 Å². The van der Waals surface area contributed by atoms with Crippen LogP contribution in [0.25, 0.3) is 0 Å². The van der Waals surface area contributed by atoms with E-state index in [1.165, 1.54) is 0 Å². The molecular formula is C15H23N3O2. The number of aliphatic hydroxyl groups is 1. The maximum Gasteiger partial charge on any atom is 0.257 e. The number of carbonyl (C=O) groups is 1. The quantitative estimate of drug-likeness (QED) is 0.878. The van der Waals surface area contributed by atoms with E-state index in [4.69, 9.17) is 5.11 Å². The Balaban J connectivity index is 2.14. The van der Waals surface area contributed by atoms with E-state index in [-0.39, 0.29) is 12.5 Å². The maximum atomic E-state index is 12.6. The van der Waals surface area contributed by atoms with E-state index >= 15 is 0 Å². The molecular weight excluding hydrogens is 254 g/mol. The Bertz CT molecular complexity index is 474. The van der Waals surface area contributed by atoms with E-state index in [2.05, 4.69) is 10.3 Å². The van der Waals surface area contributed by atoms with Crippen LogP contribution in [-0.2, 0) is 0 Å². The number of hydrogen-bond acceptors (Lipinski definition) is 4. The summed E-state index contributed by atoms with van der Waals surface area (Å²) in [6.07, 6.45) is 4.52. The van der Waals surface area contributed by atoms with Crippen molar-refractivity contribution in [1.29, 1.82) is 0 Å². The minimum atomic E-state index is 0.0319. The minimum Gasteiger partial charge on any atom is -0.396 e. The fourth-order valence-corrected chi connectivity index (χ4v) is 2.78. The van der Waals surface area contributed by atoms with Crippen molar-refractivity contribution in [3.63, 3.8) is 0 Å². The number of piperidine rings is 1. The molecule has 1 amide bonds. The molecule has 1 fully saturated rings. The van der Waals surface area contributed by atoms with Crippen molar-refractivity contribution in [3.8, 4) is 0 Å². The highest BCUT2D eigenvalue weighted by atomic mass is 16.3. The number of aryl methyl sites for hydroxylation is 1. The van der Waals surface area contributed by atoms with Gasteiger partial charge in [0.25, 0.3) is 5.91 Å². The second kappa shape index (κ2) is 6.70. The van der Waals surface area contributed by atoms with Gasteiger partial charge in [0.1, 0.15) is 0 Å². The number of carbonyl (C=O) groups excluding carboxylic acids is 1. The van der Waals surface area contributed by atoms with Gasteiger partial charge in [-0.1, -0.05) is 0 Å². The number of nitrogens with zero attached hydrogens (tertiary/aromatic N) is 2. The average Bonchev–Trinajstić information content (AvgIpc) is 2.47. The summed E-state index contributed by atoms with van der Waals surface area (Å²) < 4.78 is 0. The van der Waals surface area contributed by atoms with Gasteiger partial charge in [-0.3, -0.25) is 9.78 Å². The van der Waals surface area contributed by atoms with Crippen LogP contribution in [0.4, 0.5) is 5.69 Å². The first kappa shape index (κ1) is 14.8. The monoisotopic (exact) mass is 277 g/mol. The molecule has 1 saturated heterocycles. The summed E-state index contributed by atoms with van der Waals surface area (Å²) in [7, 11) is 1.82. The highest BCUT2D eigenvalue weighted by Crippen LogP contribution is 2.23. The Hall–Kier alpha value is -1.62. The standard InChI is InChI=1S/C15H23N3O2/c1-11-8-14(16-2)13(9-17-11)15(20)18-6-3-4-12(10-18)5-7-19/h8-9,12,19H,3-7,10H2,1-2H3,(H,16,17). The van der Waals surface area contributed by atoms with Crippen LogP contribution >= 0.6 is 0 Å². The predicted octanol–water partition coefficient (Wildman–Crippen LogP) is 1.67. The Morgan fingerprint density at radius 2 is 2.40 bits per heavy atom. The van der Waals surface area contributed by atoms with Gasteiger partial charge < -0.3 is 15.3 Å². The molecule has 0 spiro atoms. The van der Waals surface area contributed by atoms with E-state index in [1.54, 1.807) is 6.20 Å². The number of hydrogen-bond donors (Lipinski definition) is 2. The average molecular weight is 277 g/mol. The summed E-state index contributed by atoms with van der Waals surface area (Å²) in [6, 6.07) is 1.89. The number of likely N-dealkylation sites (tertiary alicyclic amines) is 1. The fraction of sp³-hybridized carbons (Fsp3) is 0.600. The van der Waals surface area contributed by atoms with Crippen molar-refractivity contribution in [2.75, 3.05) is 32.1 Å². The van der Waals surface area contributed by atoms with Crippen LogP contribution in [0.15, 0.2) is 12.3 Å². The van der Waals surface area contributed by atoms with Crippen LogP contribution in [0.2, 0.25) is 0 Å². The molecule has 2 heterocycles. The molecule has 0 radical (unpaired) electrons. The van der Waals surface area contributed by atoms with Gasteiger partial charge in [-0.05, 0) is 38.2 Å². The largest absolute Gasteiger partial charge is 0.396 e. The maximum absolute atomic E-state index is 12.6. The lowest BCUT2D eigenvalue weighted by molar-refractivity contribution is 0.0654. The number of anilines is 1. The molecule has 0 aromatic carbocycles. The number of nitrogens with one attached hydrogen (secondary N) is 1. The van der Waals surface area contributed by atoms with Gasteiger partial charge in [-0.15, -0.1) is 0 Å². The number of pyridine rings is 1. The zero-order valence-electron chi connectivity index (χ0n) is 12.2. The van der Waals surface area contributed by atoms with Crippen molar-refractivity contribution < 1.29 is 9.90 Å². The Morgan fingerprint density at radius 1 is 1.60 bits per heavy atom. The molecule has 0 bridgehead atoms. The summed E-state index contributed by atoms with van der Waals surface area (Å²) in [4.78, 5) is 18.7. The van der Waals surface area contributed by atoms with Gasteiger partial charge in [0.05, 0.1) is 11.3 Å². The molecule has 1 unspecified atom stereocenters. The van der Waals surface area contributed by atoms with Gasteiger partial charge in [0.2, 0.25) is 0 Å². The molecule has 110 valence electrons. The summed E-state index contributed by atoms with van der Waals surface area (Å²) in [5.41, 5.74) is 2.34. The Morgan fingerprint density at radius 3 is 3.10 bits per heavy atom. The van der Waals surface area contributed by atoms with Gasteiger partial charge in [0, 0.05) is 38.6 Å². The SMILES string of the molecule is CNc1cc(C)ncc1C(=O)N1CCCC(CCO)C1. The molecule has 5 heteroatoms. The van der Waals surface area contributed by atoms with E-state index in [9.17, 15) is 4.79 Å². The van der Waals surface area contributed by atoms with E-state index < -0.39 is 0 Å². The van der Waals surface area contributed by atoms with Crippen LogP contribution in [0.5, 0.6) is 0 Å². The first-order valence-electron chi connectivity index (χ1n) is 7.20. The summed E-state index contributed by atoms with van der Waals surface area (Å²) in [5.74, 6) is 0.443. The fourth-order valence-electron chi connectivity index (χ4n) is 2.78. The summed E-state index contributed by atoms with van der Waals surface area (Å²) in [5, 5.41) is 12.1. The van der Waals surface area contributed by atoms with Crippen LogP contribution in [-0.4, -0.2) is 47.6 Å². The third-order valence-corrected chi connectivity index (χ3v) is 3.88. The smallest absolute Gasteiger partial charge is 0.257 e. The first-order chi connectivity index (χ1) is 9.65. The molecule has 1 aromatic rings. The lowest BCUT2D eigenvalue weighted by atomic mass is 9.94. The van der Waals surface area contributed by atoms with Crippen LogP contribution < -0.4 is 5.32 Å². The van der Waals surface area contributed by atoms with Crippen molar-refractivity contribution in [2.45, 2.75) is 26.2 Å². The molecule has 1 aromatic heterocycles. The van der Waals surface area contributed by atoms with Crippen molar-refractivity contribution in [1.82, 2.24) is 9.88 Å². The normalized spacial score (nSPS) is 18.9. The van der Waals surface area contributed by atoms with Gasteiger partial charge >= 0.3 is 0 Å². The van der Waals surface area contributed by atoms with E-state index in [0.717, 1.165) is 43.7 Å². The van der Waals surface area contributed by atoms with Crippen molar-refractivity contribution in [2.24, 2.45) is 5.92 Å². The Kier molecular flexibility index (Phi) is 4.95. The Labute approximate surface area is 120 Å². The highest BCUT2D eigenvalue weighted by Gasteiger charge is 2.25. The first-order valence-corrected chi connectivity index (χ1v) is 7.20. The molecule has 2 N–H and O–H groups in total. The number of rotatable bonds is 4. The van der Waals surface area contributed by atoms with Crippen molar-refractivity contribution in [3.05, 3.63) is 23.5 Å². The summed E-state index contributed by atoms with van der Waals surface area (Å²) in [6.45, 7) is 3.63. The number of aliphatic hydroxyl groups excluding tert-OH is 1. The number of aromatic nitrogens is 1. The second-order valence-corrected chi connectivity index (χ2v) is 5.39. The predicted molar refractivity (Wildman–Crippen MR) is 78.9 cm³/mol. The van der Waals surface area contributed by atoms with Gasteiger partial charge in [0.15, 0.2) is 0 Å². The molecule has 0 aliphatic carbocycles. The van der Waals surface area contributed by atoms with Gasteiger partial charge in [-0.25, -0.2) is 0 Å². The van der Waals surface area contributed by atoms with Crippen LogP contribution in [0.3, 0.4) is 0 Å². The lowest BCUT2D eigenvalue weighted by Crippen LogP contribution is -2.40. The zero-order valence-corrected chi connectivity index (χ0v) is 12.2. The van der Waals surface area contributed by atoms with Crippen LogP contribution in [0, 0.1) is 12.8 Å². The number of amides is 1. The van der Waals surface area contributed by atoms with Gasteiger partial charge in [-0.2, -0.15) is 0 Å². The molecule has 1 atom stereocenters. The molecule has 1 aliphatic heterocycles. The zero-order chi connectivity index (χ0) is 14.5. The molecule has 20 heavy (non-hydrogen) atoms. The highest BCUT2D eigenvalue weighted by molar-refractivity contribution is 5.99. The van der Waals surface area contributed by atoms with E-state index in [1.807, 2.05) is 24.9 Å². The molecule has 1 aliphatic rings. The lowest BCUT2D eigenvalue weighted by Gasteiger charge is -2.33. The second-order valence-electron chi connectivity index (χ2n) is 5.39. The third kappa shape index (κ3) is 3.28. The van der Waals surface area contributed by atoms with E-state index in [0.29, 0.717) is 11.5 Å². The summed E-state index contributed by atoms with van der Waals surface area (Å²) >= 11 is 0. The minimum absolute atomic E-state index is 0.0319. The van der Waals surface area contributed by atoms with Crippen molar-refractivity contribution >= 4 is 11.6 Å². The molecule has 0 saturated carbocycles. The topological polar surface area (TPSA) is 65.5 Å². The molecule has 5 nitrogen and oxygen atoms in total. The molecule has 2 rings (SSSR count).